The predicted molar refractivity (Wildman–Crippen MR) is 154 cm³/mol. The SMILES string of the molecule is C=C(C)COc1ccc(C2C3=C(CC(C)(C)CS3(=O)=O)Nc3c(O)cccc3N2C(=O)c2cc(F)cc(F)c2)c(F)c1. The molecule has 2 aliphatic heterocycles. The summed E-state index contributed by atoms with van der Waals surface area (Å²) in [6, 6.07) is 8.62. The van der Waals surface area contributed by atoms with Gasteiger partial charge in [0, 0.05) is 29.0 Å². The van der Waals surface area contributed by atoms with Crippen molar-refractivity contribution in [3.63, 3.8) is 0 Å². The first kappa shape index (κ1) is 29.2. The van der Waals surface area contributed by atoms with Gasteiger partial charge in [0.25, 0.3) is 5.91 Å². The highest BCUT2D eigenvalue weighted by atomic mass is 32.2. The predicted octanol–water partition coefficient (Wildman–Crippen LogP) is 6.63. The van der Waals surface area contributed by atoms with Gasteiger partial charge in [-0.1, -0.05) is 26.5 Å². The zero-order valence-electron chi connectivity index (χ0n) is 23.2. The van der Waals surface area contributed by atoms with Crippen LogP contribution >= 0.6 is 0 Å². The fraction of sp³-hybridized carbons (Fsp3) is 0.258. The number of fused-ring (bicyclic) bond motifs is 1. The largest absolute Gasteiger partial charge is 0.506 e. The van der Waals surface area contributed by atoms with Gasteiger partial charge in [-0.3, -0.25) is 9.69 Å². The molecule has 1 amide bonds. The van der Waals surface area contributed by atoms with E-state index in [1.807, 2.05) is 0 Å². The number of ether oxygens (including phenoxy) is 1. The number of phenolic OH excluding ortho intramolecular Hbond substituents is 1. The number of phenols is 1. The second-order valence-corrected chi connectivity index (χ2v) is 13.4. The first-order chi connectivity index (χ1) is 19.7. The number of carbonyl (C=O) groups excluding carboxylic acids is 1. The molecule has 0 spiro atoms. The van der Waals surface area contributed by atoms with Crippen LogP contribution in [0.5, 0.6) is 11.5 Å². The van der Waals surface area contributed by atoms with Crippen molar-refractivity contribution >= 4 is 27.1 Å². The van der Waals surface area contributed by atoms with Gasteiger partial charge in [-0.15, -0.1) is 0 Å². The quantitative estimate of drug-likeness (QED) is 0.253. The van der Waals surface area contributed by atoms with Crippen LogP contribution in [-0.4, -0.2) is 31.8 Å². The van der Waals surface area contributed by atoms with E-state index in [-0.39, 0.29) is 57.8 Å². The van der Waals surface area contributed by atoms with Crippen LogP contribution in [0.3, 0.4) is 0 Å². The van der Waals surface area contributed by atoms with Crippen molar-refractivity contribution < 1.29 is 36.2 Å². The average molecular weight is 599 g/mol. The summed E-state index contributed by atoms with van der Waals surface area (Å²) in [7, 11) is -4.17. The topological polar surface area (TPSA) is 95.9 Å². The Balaban J connectivity index is 1.83. The average Bonchev–Trinajstić information content (AvgIpc) is 3.01. The van der Waals surface area contributed by atoms with E-state index in [4.69, 9.17) is 4.74 Å². The Morgan fingerprint density at radius 1 is 1.12 bits per heavy atom. The standard InChI is InChI=1S/C31H29F3N2O5S/c1-17(2)15-41-21-8-9-22(23(34)13-21)28-29-24(14-31(3,4)16-42(29,39)40)35-27-25(6-5-7-26(27)37)36(28)30(38)18-10-19(32)12-20(33)11-18/h5-13,28,35,37H,1,14-16H2,2-4H3. The number of hydrogen-bond acceptors (Lipinski definition) is 6. The third-order valence-corrected chi connectivity index (χ3v) is 9.31. The monoisotopic (exact) mass is 598 g/mol. The maximum atomic E-state index is 16.0. The van der Waals surface area contributed by atoms with Crippen LogP contribution in [-0.2, 0) is 9.84 Å². The molecule has 2 N–H and O–H groups in total. The van der Waals surface area contributed by atoms with E-state index < -0.39 is 50.2 Å². The van der Waals surface area contributed by atoms with E-state index in [0.29, 0.717) is 11.6 Å². The molecule has 0 fully saturated rings. The number of hydrogen-bond donors (Lipinski definition) is 2. The van der Waals surface area contributed by atoms with Gasteiger partial charge in [0.15, 0.2) is 9.84 Å². The molecule has 0 radical (unpaired) electrons. The van der Waals surface area contributed by atoms with Gasteiger partial charge >= 0.3 is 0 Å². The highest BCUT2D eigenvalue weighted by Gasteiger charge is 2.48. The van der Waals surface area contributed by atoms with Crippen LogP contribution in [0.25, 0.3) is 0 Å². The van der Waals surface area contributed by atoms with Crippen molar-refractivity contribution in [3.8, 4) is 11.5 Å². The lowest BCUT2D eigenvalue weighted by Gasteiger charge is -2.37. The molecule has 3 aromatic rings. The summed E-state index contributed by atoms with van der Waals surface area (Å²) in [5.74, 6) is -4.42. The molecular formula is C31H29F3N2O5S. The second kappa shape index (κ2) is 10.5. The summed E-state index contributed by atoms with van der Waals surface area (Å²) >= 11 is 0. The van der Waals surface area contributed by atoms with Gasteiger partial charge in [0.1, 0.15) is 47.3 Å². The Morgan fingerprint density at radius 3 is 2.45 bits per heavy atom. The number of amides is 1. The van der Waals surface area contributed by atoms with Gasteiger partial charge in [0.05, 0.1) is 16.3 Å². The molecule has 0 aliphatic carbocycles. The Morgan fingerprint density at radius 2 is 1.81 bits per heavy atom. The minimum atomic E-state index is -4.17. The Hall–Kier alpha value is -4.25. The van der Waals surface area contributed by atoms with E-state index in [0.717, 1.165) is 23.1 Å². The summed E-state index contributed by atoms with van der Waals surface area (Å²) < 4.78 is 78.1. The normalized spacial score (nSPS) is 18.8. The molecule has 0 aromatic heterocycles. The molecule has 5 rings (SSSR count). The van der Waals surface area contributed by atoms with Crippen molar-refractivity contribution in [1.29, 1.82) is 0 Å². The molecule has 2 heterocycles. The number of halogens is 3. The van der Waals surface area contributed by atoms with Gasteiger partial charge in [0.2, 0.25) is 0 Å². The molecule has 0 bridgehead atoms. The summed E-state index contributed by atoms with van der Waals surface area (Å²) in [6.45, 7) is 9.12. The van der Waals surface area contributed by atoms with Crippen LogP contribution in [0, 0.1) is 22.9 Å². The number of allylic oxidation sites excluding steroid dienone is 1. The molecular weight excluding hydrogens is 569 g/mol. The fourth-order valence-corrected chi connectivity index (χ4v) is 7.81. The lowest BCUT2D eigenvalue weighted by atomic mass is 9.88. The van der Waals surface area contributed by atoms with Crippen molar-refractivity contribution in [1.82, 2.24) is 0 Å². The number of benzene rings is 3. The van der Waals surface area contributed by atoms with E-state index >= 15 is 4.39 Å². The minimum absolute atomic E-state index is 0.00700. The fourth-order valence-electron chi connectivity index (χ4n) is 5.45. The van der Waals surface area contributed by atoms with Crippen LogP contribution in [0.15, 0.2) is 77.4 Å². The van der Waals surface area contributed by atoms with Crippen LogP contribution < -0.4 is 15.0 Å². The zero-order valence-corrected chi connectivity index (χ0v) is 24.0. The summed E-state index contributed by atoms with van der Waals surface area (Å²) in [4.78, 5) is 14.9. The summed E-state index contributed by atoms with van der Waals surface area (Å²) in [5.41, 5.74) is -0.546. The lowest BCUT2D eigenvalue weighted by molar-refractivity contribution is 0.0979. The molecule has 7 nitrogen and oxygen atoms in total. The number of aromatic hydroxyl groups is 1. The van der Waals surface area contributed by atoms with Gasteiger partial charge in [-0.05, 0) is 60.7 Å². The van der Waals surface area contributed by atoms with E-state index in [9.17, 15) is 27.1 Å². The minimum Gasteiger partial charge on any atom is -0.506 e. The number of sulfone groups is 1. The molecule has 1 atom stereocenters. The lowest BCUT2D eigenvalue weighted by Crippen LogP contribution is -2.41. The van der Waals surface area contributed by atoms with Gasteiger partial charge in [-0.2, -0.15) is 0 Å². The maximum Gasteiger partial charge on any atom is 0.259 e. The Bertz CT molecular complexity index is 1750. The maximum absolute atomic E-state index is 16.0. The zero-order chi connectivity index (χ0) is 30.6. The first-order valence-electron chi connectivity index (χ1n) is 13.1. The molecule has 42 heavy (non-hydrogen) atoms. The van der Waals surface area contributed by atoms with Crippen LogP contribution in [0.4, 0.5) is 24.5 Å². The number of rotatable bonds is 5. The van der Waals surface area contributed by atoms with Crippen molar-refractivity contribution in [2.45, 2.75) is 33.2 Å². The third-order valence-electron chi connectivity index (χ3n) is 7.01. The van der Waals surface area contributed by atoms with Crippen LogP contribution in [0.2, 0.25) is 0 Å². The smallest absolute Gasteiger partial charge is 0.259 e. The van der Waals surface area contributed by atoms with Crippen LogP contribution in [0.1, 0.15) is 49.2 Å². The van der Waals surface area contributed by atoms with Crippen molar-refractivity contribution in [3.05, 3.63) is 106 Å². The number of carbonyl (C=O) groups is 1. The highest BCUT2D eigenvalue weighted by molar-refractivity contribution is 7.95. The van der Waals surface area contributed by atoms with Crippen molar-refractivity contribution in [2.75, 3.05) is 22.6 Å². The molecule has 2 aliphatic rings. The Labute approximate surface area is 241 Å². The molecule has 0 saturated heterocycles. The number of nitrogens with zero attached hydrogens (tertiary/aromatic N) is 1. The van der Waals surface area contributed by atoms with Gasteiger partial charge < -0.3 is 15.2 Å². The van der Waals surface area contributed by atoms with E-state index in [2.05, 4.69) is 11.9 Å². The number of nitrogens with one attached hydrogen (secondary N) is 1. The molecule has 220 valence electrons. The van der Waals surface area contributed by atoms with E-state index in [1.54, 1.807) is 20.8 Å². The van der Waals surface area contributed by atoms with Gasteiger partial charge in [-0.25, -0.2) is 21.6 Å². The van der Waals surface area contributed by atoms with E-state index in [1.165, 1.54) is 30.3 Å². The molecule has 0 saturated carbocycles. The first-order valence-corrected chi connectivity index (χ1v) is 14.7. The Kier molecular flexibility index (Phi) is 7.34. The second-order valence-electron chi connectivity index (χ2n) is 11.4. The number of para-hydroxylation sites is 1. The molecule has 3 aromatic carbocycles. The van der Waals surface area contributed by atoms with Crippen molar-refractivity contribution in [2.24, 2.45) is 5.41 Å². The molecule has 1 unspecified atom stereocenters. The number of anilines is 2. The molecule has 11 heteroatoms. The summed E-state index contributed by atoms with van der Waals surface area (Å²) in [6.07, 6.45) is 0.184. The highest BCUT2D eigenvalue weighted by Crippen LogP contribution is 2.52. The third kappa shape index (κ3) is 5.48. The summed E-state index contributed by atoms with van der Waals surface area (Å²) in [5, 5.41) is 13.9.